The zero-order chi connectivity index (χ0) is 17.4. The molecule has 5 nitrogen and oxygen atoms in total. The molecule has 0 saturated carbocycles. The van der Waals surface area contributed by atoms with Crippen LogP contribution in [-0.4, -0.2) is 32.8 Å². The van der Waals surface area contributed by atoms with E-state index in [1.807, 2.05) is 0 Å². The van der Waals surface area contributed by atoms with E-state index in [1.54, 1.807) is 13.8 Å². The molecule has 0 aromatic heterocycles. The van der Waals surface area contributed by atoms with Crippen LogP contribution in [0.2, 0.25) is 0 Å². The van der Waals surface area contributed by atoms with E-state index < -0.39 is 41.5 Å². The molecule has 0 aliphatic carbocycles. The first-order valence-electron chi connectivity index (χ1n) is 7.14. The van der Waals surface area contributed by atoms with Gasteiger partial charge in [-0.3, -0.25) is 0 Å². The van der Waals surface area contributed by atoms with Crippen LogP contribution in [0.3, 0.4) is 0 Å². The van der Waals surface area contributed by atoms with Gasteiger partial charge in [-0.15, -0.1) is 0 Å². The Morgan fingerprint density at radius 1 is 0.913 bits per heavy atom. The molecule has 1 rings (SSSR count). The monoisotopic (exact) mass is 336 g/mol. The highest BCUT2D eigenvalue weighted by Crippen LogP contribution is 2.32. The van der Waals surface area contributed by atoms with E-state index in [2.05, 4.69) is 4.74 Å². The minimum atomic E-state index is -1.67. The van der Waals surface area contributed by atoms with Crippen molar-refractivity contribution in [2.24, 2.45) is 0 Å². The van der Waals surface area contributed by atoms with Crippen LogP contribution in [-0.2, 0) is 20.6 Å². The second kappa shape index (κ2) is 9.36. The summed E-state index contributed by atoms with van der Waals surface area (Å²) in [5, 5.41) is 0. The minimum Gasteiger partial charge on any atom is -0.464 e. The van der Waals surface area contributed by atoms with Crippen LogP contribution in [0.4, 0.5) is 13.2 Å². The molecular formula is C15H19F3O5. The second-order valence-corrected chi connectivity index (χ2v) is 4.28. The number of carbonyl (C=O) groups is 1. The van der Waals surface area contributed by atoms with Crippen molar-refractivity contribution in [1.82, 2.24) is 0 Å². The van der Waals surface area contributed by atoms with Gasteiger partial charge < -0.3 is 18.9 Å². The number of hydrogen-bond donors (Lipinski definition) is 0. The van der Waals surface area contributed by atoms with Crippen molar-refractivity contribution in [3.05, 3.63) is 28.6 Å². The Kier molecular flexibility index (Phi) is 7.84. The fourth-order valence-corrected chi connectivity index (χ4v) is 1.77. The molecule has 0 bridgehead atoms. The van der Waals surface area contributed by atoms with Crippen molar-refractivity contribution in [2.75, 3.05) is 26.8 Å². The van der Waals surface area contributed by atoms with Crippen molar-refractivity contribution >= 4 is 5.97 Å². The smallest absolute Gasteiger partial charge is 0.346 e. The van der Waals surface area contributed by atoms with E-state index in [0.29, 0.717) is 0 Å². The lowest BCUT2D eigenvalue weighted by Gasteiger charge is -2.15. The average molecular weight is 336 g/mol. The summed E-state index contributed by atoms with van der Waals surface area (Å²) >= 11 is 0. The molecule has 0 radical (unpaired) electrons. The summed E-state index contributed by atoms with van der Waals surface area (Å²) in [6.07, 6.45) is -0.0176. The second-order valence-electron chi connectivity index (χ2n) is 4.28. The molecule has 8 heteroatoms. The van der Waals surface area contributed by atoms with Gasteiger partial charge in [0, 0.05) is 18.8 Å². The van der Waals surface area contributed by atoms with Crippen molar-refractivity contribution in [3.63, 3.8) is 0 Å². The largest absolute Gasteiger partial charge is 0.464 e. The standard InChI is InChI=1S/C15H19F3O5/c1-4-9-11(16)10(15(19)23-8-21-6-3)12(17)13(18)14(9)22-7-20-5-2/h4-8H2,1-3H3. The predicted molar refractivity (Wildman–Crippen MR) is 74.7 cm³/mol. The van der Waals surface area contributed by atoms with Gasteiger partial charge in [0.25, 0.3) is 0 Å². The van der Waals surface area contributed by atoms with Gasteiger partial charge in [-0.25, -0.2) is 13.6 Å². The van der Waals surface area contributed by atoms with E-state index in [1.165, 1.54) is 6.92 Å². The van der Waals surface area contributed by atoms with Crippen LogP contribution < -0.4 is 4.74 Å². The van der Waals surface area contributed by atoms with E-state index >= 15 is 0 Å². The van der Waals surface area contributed by atoms with Crippen molar-refractivity contribution in [1.29, 1.82) is 0 Å². The molecule has 0 spiro atoms. The third-order valence-corrected chi connectivity index (χ3v) is 2.90. The SMILES string of the molecule is CCOCOC(=O)c1c(F)c(F)c(OCOCC)c(CC)c1F. The summed E-state index contributed by atoms with van der Waals surface area (Å²) in [4.78, 5) is 11.7. The number of benzene rings is 1. The summed E-state index contributed by atoms with van der Waals surface area (Å²) < 4.78 is 61.6. The highest BCUT2D eigenvalue weighted by molar-refractivity contribution is 5.90. The summed E-state index contributed by atoms with van der Waals surface area (Å²) in [6, 6.07) is 0. The Morgan fingerprint density at radius 3 is 2.09 bits per heavy atom. The summed E-state index contributed by atoms with van der Waals surface area (Å²) in [5.74, 6) is -6.32. The van der Waals surface area contributed by atoms with Gasteiger partial charge in [0.1, 0.15) is 11.4 Å². The molecule has 0 heterocycles. The van der Waals surface area contributed by atoms with Gasteiger partial charge in [-0.1, -0.05) is 6.92 Å². The molecule has 0 fully saturated rings. The van der Waals surface area contributed by atoms with Crippen LogP contribution in [0.15, 0.2) is 0 Å². The topological polar surface area (TPSA) is 54.0 Å². The molecule has 0 unspecified atom stereocenters. The fraction of sp³-hybridized carbons (Fsp3) is 0.533. The lowest BCUT2D eigenvalue weighted by molar-refractivity contribution is -0.0281. The summed E-state index contributed by atoms with van der Waals surface area (Å²) in [5.41, 5.74) is -1.38. The lowest BCUT2D eigenvalue weighted by atomic mass is 10.0. The Labute approximate surface area is 132 Å². The fourth-order valence-electron chi connectivity index (χ4n) is 1.77. The van der Waals surface area contributed by atoms with Crippen molar-refractivity contribution < 1.29 is 36.9 Å². The van der Waals surface area contributed by atoms with Gasteiger partial charge in [-0.2, -0.15) is 4.39 Å². The molecule has 0 saturated heterocycles. The number of esters is 1. The molecule has 130 valence electrons. The maximum absolute atomic E-state index is 14.4. The first-order valence-corrected chi connectivity index (χ1v) is 7.14. The van der Waals surface area contributed by atoms with Crippen molar-refractivity contribution in [2.45, 2.75) is 27.2 Å². The van der Waals surface area contributed by atoms with Crippen molar-refractivity contribution in [3.8, 4) is 5.75 Å². The number of carbonyl (C=O) groups excluding carboxylic acids is 1. The molecule has 0 N–H and O–H groups in total. The lowest BCUT2D eigenvalue weighted by Crippen LogP contribution is -2.17. The van der Waals surface area contributed by atoms with E-state index in [0.717, 1.165) is 0 Å². The Morgan fingerprint density at radius 2 is 1.52 bits per heavy atom. The van der Waals surface area contributed by atoms with Gasteiger partial charge >= 0.3 is 5.97 Å². The highest BCUT2D eigenvalue weighted by atomic mass is 19.2. The molecule has 23 heavy (non-hydrogen) atoms. The number of ether oxygens (including phenoxy) is 4. The van der Waals surface area contributed by atoms with Crippen LogP contribution in [0, 0.1) is 17.5 Å². The maximum Gasteiger partial charge on any atom is 0.346 e. The number of hydrogen-bond acceptors (Lipinski definition) is 5. The third kappa shape index (κ3) is 4.59. The van der Waals surface area contributed by atoms with Crippen LogP contribution in [0.25, 0.3) is 0 Å². The summed E-state index contributed by atoms with van der Waals surface area (Å²) in [7, 11) is 0. The van der Waals surface area contributed by atoms with Crippen LogP contribution >= 0.6 is 0 Å². The molecular weight excluding hydrogens is 317 g/mol. The quantitative estimate of drug-likeness (QED) is 0.300. The van der Waals surface area contributed by atoms with Gasteiger partial charge in [0.15, 0.2) is 25.2 Å². The maximum atomic E-state index is 14.4. The van der Waals surface area contributed by atoms with Gasteiger partial charge in [-0.05, 0) is 20.3 Å². The molecule has 0 amide bonds. The van der Waals surface area contributed by atoms with Crippen LogP contribution in [0.5, 0.6) is 5.75 Å². The van der Waals surface area contributed by atoms with Gasteiger partial charge in [0.05, 0.1) is 0 Å². The number of halogens is 3. The van der Waals surface area contributed by atoms with E-state index in [9.17, 15) is 18.0 Å². The van der Waals surface area contributed by atoms with Crippen LogP contribution in [0.1, 0.15) is 36.7 Å². The Balaban J connectivity index is 3.18. The average Bonchev–Trinajstić information content (AvgIpc) is 2.53. The van der Waals surface area contributed by atoms with Gasteiger partial charge in [0.2, 0.25) is 5.82 Å². The first-order chi connectivity index (χ1) is 11.0. The zero-order valence-electron chi connectivity index (χ0n) is 13.2. The molecule has 0 aliphatic rings. The molecule has 0 atom stereocenters. The molecule has 1 aromatic carbocycles. The minimum absolute atomic E-state index is 0.0176. The number of rotatable bonds is 9. The first kappa shape index (κ1) is 19.2. The molecule has 0 aliphatic heterocycles. The predicted octanol–water partition coefficient (Wildman–Crippen LogP) is 3.19. The van der Waals surface area contributed by atoms with E-state index in [-0.39, 0.29) is 32.0 Å². The normalized spacial score (nSPS) is 10.7. The zero-order valence-corrected chi connectivity index (χ0v) is 13.2. The Bertz CT molecular complexity index is 549. The third-order valence-electron chi connectivity index (χ3n) is 2.90. The highest BCUT2D eigenvalue weighted by Gasteiger charge is 2.30. The molecule has 1 aromatic rings. The van der Waals surface area contributed by atoms with E-state index in [4.69, 9.17) is 14.2 Å². The summed E-state index contributed by atoms with van der Waals surface area (Å²) in [6.45, 7) is 4.52. The Hall–Kier alpha value is -1.80.